The summed E-state index contributed by atoms with van der Waals surface area (Å²) < 4.78 is 5.96. The van der Waals surface area contributed by atoms with Crippen LogP contribution in [0.3, 0.4) is 0 Å². The molecule has 1 N–H and O–H groups in total. The molecule has 0 spiro atoms. The van der Waals surface area contributed by atoms with E-state index in [1.807, 2.05) is 13.0 Å². The topological polar surface area (TPSA) is 32.7 Å². The van der Waals surface area contributed by atoms with Crippen molar-refractivity contribution in [3.8, 4) is 5.75 Å². The number of aromatic hydroxyl groups is 1. The summed E-state index contributed by atoms with van der Waals surface area (Å²) in [6, 6.07) is 4.12. The number of phenolic OH excluding ortho intramolecular Hbond substituents is 1. The predicted molar refractivity (Wildman–Crippen MR) is 82.0 cm³/mol. The minimum atomic E-state index is 0.163. The highest BCUT2D eigenvalue weighted by Crippen LogP contribution is 2.36. The van der Waals surface area contributed by atoms with E-state index in [4.69, 9.17) is 4.74 Å². The highest BCUT2D eigenvalue weighted by molar-refractivity contribution is 5.74. The second-order valence-corrected chi connectivity index (χ2v) is 5.72. The predicted octanol–water partition coefficient (Wildman–Crippen LogP) is 3.84. The first-order valence-corrected chi connectivity index (χ1v) is 7.65. The number of rotatable bonds is 1. The molecule has 0 aliphatic carbocycles. The van der Waals surface area contributed by atoms with Crippen molar-refractivity contribution in [2.75, 3.05) is 18.1 Å². The molecule has 1 atom stereocenters. The number of hydrogen-bond donors (Lipinski definition) is 1. The van der Waals surface area contributed by atoms with Gasteiger partial charge < -0.3 is 14.7 Å². The minimum Gasteiger partial charge on any atom is -0.507 e. The van der Waals surface area contributed by atoms with E-state index in [1.54, 1.807) is 0 Å². The van der Waals surface area contributed by atoms with Crippen molar-refractivity contribution in [3.05, 3.63) is 29.3 Å². The average Bonchev–Trinajstić information content (AvgIpc) is 2.45. The van der Waals surface area contributed by atoms with Crippen LogP contribution in [-0.2, 0) is 4.74 Å². The van der Waals surface area contributed by atoms with Crippen molar-refractivity contribution >= 4 is 11.8 Å². The maximum absolute atomic E-state index is 10.4. The molecule has 2 heterocycles. The van der Waals surface area contributed by atoms with Crippen molar-refractivity contribution in [3.63, 3.8) is 0 Å². The Morgan fingerprint density at radius 1 is 1.25 bits per heavy atom. The molecular weight excluding hydrogens is 250 g/mol. The van der Waals surface area contributed by atoms with Crippen LogP contribution in [0.15, 0.2) is 18.2 Å². The van der Waals surface area contributed by atoms with Gasteiger partial charge in [0.05, 0.1) is 0 Å². The molecule has 0 amide bonds. The van der Waals surface area contributed by atoms with Crippen LogP contribution in [0.2, 0.25) is 0 Å². The van der Waals surface area contributed by atoms with Gasteiger partial charge in [-0.05, 0) is 50.7 Å². The van der Waals surface area contributed by atoms with Gasteiger partial charge in [-0.3, -0.25) is 0 Å². The van der Waals surface area contributed by atoms with Crippen LogP contribution in [0.25, 0.3) is 6.08 Å². The zero-order chi connectivity index (χ0) is 13.9. The molecule has 1 unspecified atom stereocenters. The van der Waals surface area contributed by atoms with E-state index >= 15 is 0 Å². The summed E-state index contributed by atoms with van der Waals surface area (Å²) in [7, 11) is 0. The van der Waals surface area contributed by atoms with Crippen LogP contribution in [0.4, 0.5) is 5.69 Å². The molecule has 108 valence electrons. The third-order valence-corrected chi connectivity index (χ3v) is 4.26. The number of aryl methyl sites for hydroxylation is 1. The Kier molecular flexibility index (Phi) is 3.97. The average molecular weight is 273 g/mol. The number of benzene rings is 1. The first-order chi connectivity index (χ1) is 9.77. The normalized spacial score (nSPS) is 24.6. The van der Waals surface area contributed by atoms with Gasteiger partial charge in [0.2, 0.25) is 0 Å². The van der Waals surface area contributed by atoms with Gasteiger partial charge in [0.25, 0.3) is 0 Å². The minimum absolute atomic E-state index is 0.163. The summed E-state index contributed by atoms with van der Waals surface area (Å²) in [6.07, 6.45) is 10.0. The Balaban J connectivity index is 2.01. The molecule has 2 aliphatic heterocycles. The van der Waals surface area contributed by atoms with E-state index in [1.165, 1.54) is 6.42 Å². The van der Waals surface area contributed by atoms with Crippen molar-refractivity contribution in [1.29, 1.82) is 0 Å². The van der Waals surface area contributed by atoms with Crippen molar-refractivity contribution in [1.82, 2.24) is 0 Å². The summed E-state index contributed by atoms with van der Waals surface area (Å²) in [4.78, 5) is 2.34. The van der Waals surface area contributed by atoms with Crippen molar-refractivity contribution in [2.24, 2.45) is 0 Å². The molecule has 1 aromatic rings. The fraction of sp³-hybridized carbons (Fsp3) is 0.529. The van der Waals surface area contributed by atoms with Crippen LogP contribution in [0, 0.1) is 6.92 Å². The number of fused-ring (bicyclic) bond motifs is 1. The SMILES string of the molecule is Cc1ccc2c(c1O)/C=C/CCCN2C1CCCCO1. The van der Waals surface area contributed by atoms with Gasteiger partial charge in [0, 0.05) is 24.4 Å². The lowest BCUT2D eigenvalue weighted by atomic mass is 10.0. The maximum atomic E-state index is 10.4. The molecule has 0 saturated carbocycles. The number of anilines is 1. The summed E-state index contributed by atoms with van der Waals surface area (Å²) in [5.74, 6) is 0.404. The fourth-order valence-corrected chi connectivity index (χ4v) is 3.09. The number of nitrogens with zero attached hydrogens (tertiary/aromatic N) is 1. The zero-order valence-electron chi connectivity index (χ0n) is 12.1. The maximum Gasteiger partial charge on any atom is 0.130 e. The monoisotopic (exact) mass is 273 g/mol. The van der Waals surface area contributed by atoms with Crippen LogP contribution in [-0.4, -0.2) is 24.5 Å². The second kappa shape index (κ2) is 5.88. The Hall–Kier alpha value is -1.48. The summed E-state index contributed by atoms with van der Waals surface area (Å²) in [5.41, 5.74) is 2.98. The highest BCUT2D eigenvalue weighted by atomic mass is 16.5. The molecular formula is C17H23NO2. The van der Waals surface area contributed by atoms with Crippen LogP contribution < -0.4 is 4.90 Å². The lowest BCUT2D eigenvalue weighted by molar-refractivity contribution is 0.0141. The quantitative estimate of drug-likeness (QED) is 0.844. The van der Waals surface area contributed by atoms with Crippen molar-refractivity contribution in [2.45, 2.75) is 45.3 Å². The van der Waals surface area contributed by atoms with Gasteiger partial charge >= 0.3 is 0 Å². The van der Waals surface area contributed by atoms with E-state index in [0.717, 1.165) is 55.6 Å². The first kappa shape index (κ1) is 13.5. The summed E-state index contributed by atoms with van der Waals surface area (Å²) in [5, 5.41) is 10.4. The van der Waals surface area contributed by atoms with E-state index in [9.17, 15) is 5.11 Å². The first-order valence-electron chi connectivity index (χ1n) is 7.65. The Labute approximate surface area is 120 Å². The summed E-state index contributed by atoms with van der Waals surface area (Å²) in [6.45, 7) is 3.79. The zero-order valence-corrected chi connectivity index (χ0v) is 12.1. The number of phenols is 1. The molecule has 3 nitrogen and oxygen atoms in total. The molecule has 3 heteroatoms. The van der Waals surface area contributed by atoms with E-state index in [0.29, 0.717) is 5.75 Å². The Morgan fingerprint density at radius 2 is 2.15 bits per heavy atom. The van der Waals surface area contributed by atoms with E-state index in [-0.39, 0.29) is 6.23 Å². The number of allylic oxidation sites excluding steroid dienone is 1. The molecule has 0 aromatic heterocycles. The molecule has 1 aromatic carbocycles. The van der Waals surface area contributed by atoms with Gasteiger partial charge in [0.1, 0.15) is 12.0 Å². The molecule has 1 saturated heterocycles. The van der Waals surface area contributed by atoms with Crippen LogP contribution in [0.5, 0.6) is 5.75 Å². The fourth-order valence-electron chi connectivity index (χ4n) is 3.09. The van der Waals surface area contributed by atoms with Gasteiger partial charge in [-0.15, -0.1) is 0 Å². The lowest BCUT2D eigenvalue weighted by Gasteiger charge is -2.37. The van der Waals surface area contributed by atoms with Crippen molar-refractivity contribution < 1.29 is 9.84 Å². The van der Waals surface area contributed by atoms with Crippen LogP contribution in [0.1, 0.15) is 43.2 Å². The third-order valence-electron chi connectivity index (χ3n) is 4.26. The number of hydrogen-bond acceptors (Lipinski definition) is 3. The summed E-state index contributed by atoms with van der Waals surface area (Å²) >= 11 is 0. The molecule has 0 bridgehead atoms. The molecule has 1 fully saturated rings. The van der Waals surface area contributed by atoms with Gasteiger partial charge in [-0.2, -0.15) is 0 Å². The van der Waals surface area contributed by atoms with Gasteiger partial charge in [-0.25, -0.2) is 0 Å². The molecule has 20 heavy (non-hydrogen) atoms. The standard InChI is InChI=1S/C17H23NO2/c1-13-9-10-15-14(17(13)19)7-3-2-5-11-18(15)16-8-4-6-12-20-16/h3,7,9-10,16,19H,2,4-6,8,11-12H2,1H3/b7-3+. The second-order valence-electron chi connectivity index (χ2n) is 5.72. The Morgan fingerprint density at radius 3 is 2.95 bits per heavy atom. The van der Waals surface area contributed by atoms with E-state index < -0.39 is 0 Å². The third kappa shape index (κ3) is 2.55. The highest BCUT2D eigenvalue weighted by Gasteiger charge is 2.25. The van der Waals surface area contributed by atoms with E-state index in [2.05, 4.69) is 23.1 Å². The van der Waals surface area contributed by atoms with Gasteiger partial charge in [-0.1, -0.05) is 18.2 Å². The molecule has 3 rings (SSSR count). The Bertz CT molecular complexity index is 504. The largest absolute Gasteiger partial charge is 0.507 e. The molecule has 0 radical (unpaired) electrons. The van der Waals surface area contributed by atoms with Gasteiger partial charge in [0.15, 0.2) is 0 Å². The smallest absolute Gasteiger partial charge is 0.130 e. The number of ether oxygens (including phenoxy) is 1. The molecule has 2 aliphatic rings. The van der Waals surface area contributed by atoms with Crippen LogP contribution >= 0.6 is 0 Å². The lowest BCUT2D eigenvalue weighted by Crippen LogP contribution is -2.41.